The number of carbonyl (C=O) groups is 1. The van der Waals surface area contributed by atoms with Crippen molar-refractivity contribution in [1.82, 2.24) is 4.90 Å². The average molecular weight is 173 g/mol. The van der Waals surface area contributed by atoms with Crippen LogP contribution in [0.3, 0.4) is 0 Å². The molecule has 1 aliphatic rings. The summed E-state index contributed by atoms with van der Waals surface area (Å²) in [6.07, 6.45) is -0.876. The molecule has 1 rings (SSSR count). The standard InChI is InChI=1S/C8H15NO3/c1-5-7(10)6(4-12-5)8(11)9(2)3/h5-7,10H,4H2,1-3H3/t5-,6-,7-/m0/s1. The van der Waals surface area contributed by atoms with Gasteiger partial charge in [-0.3, -0.25) is 4.79 Å². The number of aliphatic hydroxyl groups is 1. The molecular formula is C8H15NO3. The van der Waals surface area contributed by atoms with Crippen molar-refractivity contribution in [3.05, 3.63) is 0 Å². The van der Waals surface area contributed by atoms with Crippen molar-refractivity contribution in [2.45, 2.75) is 19.1 Å². The largest absolute Gasteiger partial charge is 0.390 e. The molecule has 1 saturated heterocycles. The SMILES string of the molecule is C[C@@H]1OC[C@H](C(=O)N(C)C)[C@H]1O. The van der Waals surface area contributed by atoms with E-state index in [0.717, 1.165) is 0 Å². The van der Waals surface area contributed by atoms with Gasteiger partial charge in [0.2, 0.25) is 5.91 Å². The van der Waals surface area contributed by atoms with Crippen LogP contribution < -0.4 is 0 Å². The minimum Gasteiger partial charge on any atom is -0.390 e. The first-order valence-electron chi connectivity index (χ1n) is 4.05. The number of amides is 1. The lowest BCUT2D eigenvalue weighted by molar-refractivity contribution is -0.135. The molecule has 0 spiro atoms. The van der Waals surface area contributed by atoms with Crippen molar-refractivity contribution in [2.75, 3.05) is 20.7 Å². The molecule has 0 bridgehead atoms. The Morgan fingerprint density at radius 1 is 1.58 bits per heavy atom. The van der Waals surface area contributed by atoms with E-state index in [-0.39, 0.29) is 17.9 Å². The summed E-state index contributed by atoms with van der Waals surface area (Å²) in [5, 5.41) is 9.50. The van der Waals surface area contributed by atoms with Gasteiger partial charge in [0, 0.05) is 14.1 Å². The maximum Gasteiger partial charge on any atom is 0.230 e. The number of rotatable bonds is 1. The second kappa shape index (κ2) is 3.41. The van der Waals surface area contributed by atoms with Gasteiger partial charge in [0.25, 0.3) is 0 Å². The molecule has 0 radical (unpaired) electrons. The number of aliphatic hydroxyl groups excluding tert-OH is 1. The van der Waals surface area contributed by atoms with E-state index in [4.69, 9.17) is 4.74 Å². The molecule has 0 aromatic carbocycles. The summed E-state index contributed by atoms with van der Waals surface area (Å²) in [5.41, 5.74) is 0. The van der Waals surface area contributed by atoms with Crippen molar-refractivity contribution in [3.8, 4) is 0 Å². The highest BCUT2D eigenvalue weighted by molar-refractivity contribution is 5.79. The summed E-state index contributed by atoms with van der Waals surface area (Å²) in [6.45, 7) is 2.10. The molecule has 0 unspecified atom stereocenters. The summed E-state index contributed by atoms with van der Waals surface area (Å²) in [7, 11) is 3.36. The van der Waals surface area contributed by atoms with Crippen LogP contribution >= 0.6 is 0 Å². The van der Waals surface area contributed by atoms with Gasteiger partial charge >= 0.3 is 0 Å². The predicted molar refractivity (Wildman–Crippen MR) is 43.6 cm³/mol. The van der Waals surface area contributed by atoms with Crippen molar-refractivity contribution in [3.63, 3.8) is 0 Å². The molecule has 0 aliphatic carbocycles. The zero-order valence-corrected chi connectivity index (χ0v) is 7.65. The van der Waals surface area contributed by atoms with Gasteiger partial charge in [0.15, 0.2) is 0 Å². The third-order valence-electron chi connectivity index (χ3n) is 2.19. The van der Waals surface area contributed by atoms with Gasteiger partial charge in [0.1, 0.15) is 0 Å². The summed E-state index contributed by atoms with van der Waals surface area (Å²) >= 11 is 0. The van der Waals surface area contributed by atoms with E-state index in [2.05, 4.69) is 0 Å². The molecule has 1 N–H and O–H groups in total. The smallest absolute Gasteiger partial charge is 0.230 e. The highest BCUT2D eigenvalue weighted by Crippen LogP contribution is 2.21. The molecule has 3 atom stereocenters. The molecule has 1 aliphatic heterocycles. The minimum atomic E-state index is -0.653. The average Bonchev–Trinajstić information content (AvgIpc) is 2.32. The molecule has 70 valence electrons. The van der Waals surface area contributed by atoms with Gasteiger partial charge in [0.05, 0.1) is 24.7 Å². The van der Waals surface area contributed by atoms with Crippen LogP contribution in [0.25, 0.3) is 0 Å². The summed E-state index contributed by atoms with van der Waals surface area (Å²) in [4.78, 5) is 12.9. The predicted octanol–water partition coefficient (Wildman–Crippen LogP) is -0.530. The summed E-state index contributed by atoms with van der Waals surface area (Å²) in [5.74, 6) is -0.443. The number of ether oxygens (including phenoxy) is 1. The maximum atomic E-state index is 11.4. The number of nitrogens with zero attached hydrogens (tertiary/aromatic N) is 1. The zero-order valence-electron chi connectivity index (χ0n) is 7.65. The molecule has 0 saturated carbocycles. The van der Waals surface area contributed by atoms with Crippen LogP contribution in [0.15, 0.2) is 0 Å². The van der Waals surface area contributed by atoms with Gasteiger partial charge in [-0.25, -0.2) is 0 Å². The lowest BCUT2D eigenvalue weighted by atomic mass is 10.0. The first kappa shape index (κ1) is 9.48. The molecule has 0 aromatic rings. The second-order valence-corrected chi connectivity index (χ2v) is 3.37. The van der Waals surface area contributed by atoms with Crippen molar-refractivity contribution in [2.24, 2.45) is 5.92 Å². The Bertz CT molecular complexity index is 181. The van der Waals surface area contributed by atoms with E-state index >= 15 is 0 Å². The lowest BCUT2D eigenvalue weighted by Gasteiger charge is -2.18. The van der Waals surface area contributed by atoms with Crippen LogP contribution in [0.1, 0.15) is 6.92 Å². The van der Waals surface area contributed by atoms with Crippen LogP contribution in [0.2, 0.25) is 0 Å². The Morgan fingerprint density at radius 2 is 2.17 bits per heavy atom. The molecule has 0 aromatic heterocycles. The molecule has 12 heavy (non-hydrogen) atoms. The van der Waals surface area contributed by atoms with Gasteiger partial charge in [-0.2, -0.15) is 0 Å². The third-order valence-corrected chi connectivity index (χ3v) is 2.19. The van der Waals surface area contributed by atoms with Gasteiger partial charge in [-0.15, -0.1) is 0 Å². The van der Waals surface area contributed by atoms with Crippen LogP contribution in [-0.2, 0) is 9.53 Å². The van der Waals surface area contributed by atoms with Crippen molar-refractivity contribution >= 4 is 5.91 Å². The Labute approximate surface area is 72.1 Å². The molecule has 4 heteroatoms. The zero-order chi connectivity index (χ0) is 9.30. The Balaban J connectivity index is 2.59. The van der Waals surface area contributed by atoms with E-state index in [1.807, 2.05) is 0 Å². The first-order valence-corrected chi connectivity index (χ1v) is 4.05. The van der Waals surface area contributed by atoms with E-state index < -0.39 is 6.10 Å². The highest BCUT2D eigenvalue weighted by Gasteiger charge is 2.38. The summed E-state index contributed by atoms with van der Waals surface area (Å²) < 4.78 is 5.15. The Kier molecular flexibility index (Phi) is 2.69. The monoisotopic (exact) mass is 173 g/mol. The topological polar surface area (TPSA) is 49.8 Å². The third kappa shape index (κ3) is 1.59. The molecule has 1 fully saturated rings. The number of hydrogen-bond acceptors (Lipinski definition) is 3. The highest BCUT2D eigenvalue weighted by atomic mass is 16.5. The fraction of sp³-hybridized carbons (Fsp3) is 0.875. The summed E-state index contributed by atoms with van der Waals surface area (Å²) in [6, 6.07) is 0. The van der Waals surface area contributed by atoms with Crippen molar-refractivity contribution in [1.29, 1.82) is 0 Å². The fourth-order valence-electron chi connectivity index (χ4n) is 1.33. The second-order valence-electron chi connectivity index (χ2n) is 3.37. The van der Waals surface area contributed by atoms with E-state index in [1.54, 1.807) is 21.0 Å². The molecule has 4 nitrogen and oxygen atoms in total. The van der Waals surface area contributed by atoms with Crippen molar-refractivity contribution < 1.29 is 14.6 Å². The van der Waals surface area contributed by atoms with Crippen LogP contribution in [0, 0.1) is 5.92 Å². The molecular weight excluding hydrogens is 158 g/mol. The molecule has 1 amide bonds. The fourth-order valence-corrected chi connectivity index (χ4v) is 1.33. The van der Waals surface area contributed by atoms with E-state index in [0.29, 0.717) is 6.61 Å². The van der Waals surface area contributed by atoms with Crippen LogP contribution in [-0.4, -0.2) is 48.8 Å². The van der Waals surface area contributed by atoms with Gasteiger partial charge in [-0.1, -0.05) is 0 Å². The normalized spacial score (nSPS) is 35.2. The van der Waals surface area contributed by atoms with Crippen LogP contribution in [0.5, 0.6) is 0 Å². The number of hydrogen-bond donors (Lipinski definition) is 1. The quantitative estimate of drug-likeness (QED) is 0.580. The lowest BCUT2D eigenvalue weighted by Crippen LogP contribution is -2.37. The molecule has 1 heterocycles. The van der Waals surface area contributed by atoms with Gasteiger partial charge in [-0.05, 0) is 6.92 Å². The van der Waals surface area contributed by atoms with E-state index in [1.165, 1.54) is 4.90 Å². The van der Waals surface area contributed by atoms with E-state index in [9.17, 15) is 9.90 Å². The maximum absolute atomic E-state index is 11.4. The van der Waals surface area contributed by atoms with Crippen LogP contribution in [0.4, 0.5) is 0 Å². The minimum absolute atomic E-state index is 0.0631. The first-order chi connectivity index (χ1) is 5.54. The Morgan fingerprint density at radius 3 is 2.50 bits per heavy atom. The van der Waals surface area contributed by atoms with Gasteiger partial charge < -0.3 is 14.7 Å². The Hall–Kier alpha value is -0.610. The number of carbonyl (C=O) groups excluding carboxylic acids is 1.